The molecule has 2 aliphatic heterocycles. The van der Waals surface area contributed by atoms with Gasteiger partial charge in [0, 0.05) is 31.7 Å². The van der Waals surface area contributed by atoms with Crippen molar-refractivity contribution >= 4 is 33.1 Å². The van der Waals surface area contributed by atoms with Gasteiger partial charge in [-0.25, -0.2) is 13.2 Å². The number of carbonyl (C=O) groups excluding carboxylic acids is 1. The molecule has 2 aromatic rings. The summed E-state index contributed by atoms with van der Waals surface area (Å²) >= 11 is 6.69. The highest BCUT2D eigenvalue weighted by Crippen LogP contribution is 2.46. The van der Waals surface area contributed by atoms with Crippen LogP contribution in [-0.4, -0.2) is 47.7 Å². The Morgan fingerprint density at radius 3 is 2.62 bits per heavy atom. The third-order valence-electron chi connectivity index (χ3n) is 5.16. The lowest BCUT2D eigenvalue weighted by Gasteiger charge is -2.30. The molecule has 9 heteroatoms. The molecule has 0 spiro atoms. The molecule has 2 heterocycles. The van der Waals surface area contributed by atoms with Crippen LogP contribution in [0.5, 0.6) is 11.5 Å². The summed E-state index contributed by atoms with van der Waals surface area (Å²) in [4.78, 5) is 14.1. The van der Waals surface area contributed by atoms with Crippen molar-refractivity contribution in [1.82, 2.24) is 5.32 Å². The Hall–Kier alpha value is -2.29. The van der Waals surface area contributed by atoms with Crippen molar-refractivity contribution in [2.24, 2.45) is 0 Å². The molecule has 0 aromatic heterocycles. The number of piperazine rings is 1. The Kier molecular flexibility index (Phi) is 5.18. The van der Waals surface area contributed by atoms with Gasteiger partial charge in [0.05, 0.1) is 24.1 Å². The lowest BCUT2D eigenvalue weighted by Crippen LogP contribution is -2.43. The topological polar surface area (TPSA) is 84.9 Å². The first-order chi connectivity index (χ1) is 13.8. The number of sulfone groups is 1. The van der Waals surface area contributed by atoms with Gasteiger partial charge in [-0.15, -0.1) is 0 Å². The Morgan fingerprint density at radius 2 is 1.93 bits per heavy atom. The van der Waals surface area contributed by atoms with Crippen LogP contribution in [0.15, 0.2) is 29.2 Å². The Morgan fingerprint density at radius 1 is 1.21 bits per heavy atom. The second-order valence-electron chi connectivity index (χ2n) is 7.10. The molecule has 0 atom stereocenters. The highest BCUT2D eigenvalue weighted by Gasteiger charge is 2.32. The molecule has 0 bridgehead atoms. The van der Waals surface area contributed by atoms with Gasteiger partial charge in [0.15, 0.2) is 15.6 Å². The van der Waals surface area contributed by atoms with Crippen LogP contribution in [0.25, 0.3) is 0 Å². The van der Waals surface area contributed by atoms with Crippen molar-refractivity contribution in [1.29, 1.82) is 0 Å². The van der Waals surface area contributed by atoms with Crippen LogP contribution >= 0.6 is 11.6 Å². The molecule has 4 rings (SSSR count). The summed E-state index contributed by atoms with van der Waals surface area (Å²) in [5, 5.41) is 3.69. The fourth-order valence-electron chi connectivity index (χ4n) is 3.68. The van der Waals surface area contributed by atoms with Crippen molar-refractivity contribution in [2.45, 2.75) is 17.6 Å². The van der Waals surface area contributed by atoms with Gasteiger partial charge in [-0.05, 0) is 30.7 Å². The van der Waals surface area contributed by atoms with E-state index in [2.05, 4.69) is 10.2 Å². The third kappa shape index (κ3) is 3.56. The minimum absolute atomic E-state index is 0.0334. The first-order valence-electron chi connectivity index (χ1n) is 9.22. The van der Waals surface area contributed by atoms with E-state index in [0.29, 0.717) is 21.9 Å². The maximum atomic E-state index is 13.1. The van der Waals surface area contributed by atoms with Crippen molar-refractivity contribution in [3.05, 3.63) is 46.0 Å². The molecule has 2 aliphatic rings. The molecule has 1 fully saturated rings. The molecule has 0 radical (unpaired) electrons. The molecular formula is C20H21ClN2O5S. The van der Waals surface area contributed by atoms with E-state index < -0.39 is 15.8 Å². The fourth-order valence-corrected chi connectivity index (χ4v) is 5.61. The minimum Gasteiger partial charge on any atom is -0.465 e. The Balaban J connectivity index is 1.86. The number of anilines is 1. The average Bonchev–Trinajstić information content (AvgIpc) is 2.82. The van der Waals surface area contributed by atoms with E-state index in [-0.39, 0.29) is 22.0 Å². The zero-order chi connectivity index (χ0) is 20.8. The molecule has 2 aromatic carbocycles. The number of esters is 1. The van der Waals surface area contributed by atoms with Crippen LogP contribution in [-0.2, 0) is 20.3 Å². The normalized spacial score (nSPS) is 17.6. The van der Waals surface area contributed by atoms with E-state index in [9.17, 15) is 13.2 Å². The number of halogens is 1. The molecule has 7 nitrogen and oxygen atoms in total. The largest absolute Gasteiger partial charge is 0.465 e. The van der Waals surface area contributed by atoms with Crippen molar-refractivity contribution in [3.8, 4) is 11.5 Å². The maximum absolute atomic E-state index is 13.1. The zero-order valence-electron chi connectivity index (χ0n) is 16.1. The number of rotatable bonds is 2. The summed E-state index contributed by atoms with van der Waals surface area (Å²) in [6, 6.07) is 6.45. The number of methoxy groups -OCH3 is 1. The standard InChI is InChI=1S/C20H21ClN2O5S/c1-12-9-14(20(24)27-2)10-16-18(12)28-19-13(11-29(16,25)26)3-4-15(17(19)21)23-7-5-22-6-8-23/h3-4,9-10,22H,5-8,11H2,1-2H3. The van der Waals surface area contributed by atoms with E-state index in [1.165, 1.54) is 13.2 Å². The highest BCUT2D eigenvalue weighted by atomic mass is 35.5. The molecule has 154 valence electrons. The van der Waals surface area contributed by atoms with Gasteiger partial charge in [0.2, 0.25) is 0 Å². The van der Waals surface area contributed by atoms with Crippen molar-refractivity contribution in [3.63, 3.8) is 0 Å². The number of carbonyl (C=O) groups is 1. The number of nitrogens with zero attached hydrogens (tertiary/aromatic N) is 1. The van der Waals surface area contributed by atoms with Crippen LogP contribution in [0.4, 0.5) is 5.69 Å². The number of hydrogen-bond donors (Lipinski definition) is 1. The predicted octanol–water partition coefficient (Wildman–Crippen LogP) is 2.92. The van der Waals surface area contributed by atoms with Gasteiger partial charge < -0.3 is 19.7 Å². The number of fused-ring (bicyclic) bond motifs is 2. The quantitative estimate of drug-likeness (QED) is 0.724. The van der Waals surface area contributed by atoms with Gasteiger partial charge in [-0.2, -0.15) is 0 Å². The van der Waals surface area contributed by atoms with Crippen molar-refractivity contribution < 1.29 is 22.7 Å². The first kappa shape index (κ1) is 20.0. The maximum Gasteiger partial charge on any atom is 0.337 e. The molecule has 1 N–H and O–H groups in total. The number of hydrogen-bond acceptors (Lipinski definition) is 7. The third-order valence-corrected chi connectivity index (χ3v) is 7.19. The van der Waals surface area contributed by atoms with Crippen LogP contribution in [0.1, 0.15) is 21.5 Å². The minimum atomic E-state index is -3.75. The summed E-state index contributed by atoms with van der Waals surface area (Å²) in [5.41, 5.74) is 1.98. The van der Waals surface area contributed by atoms with E-state index in [4.69, 9.17) is 21.1 Å². The number of ether oxygens (including phenoxy) is 2. The fraction of sp³-hybridized carbons (Fsp3) is 0.350. The lowest BCUT2D eigenvalue weighted by atomic mass is 10.1. The van der Waals surface area contributed by atoms with E-state index in [0.717, 1.165) is 31.9 Å². The SMILES string of the molecule is COC(=O)c1cc(C)c2c(c1)S(=O)(=O)Cc1ccc(N3CCNCC3)c(Cl)c1O2. The van der Waals surface area contributed by atoms with Gasteiger partial charge in [-0.3, -0.25) is 0 Å². The zero-order valence-corrected chi connectivity index (χ0v) is 17.7. The van der Waals surface area contributed by atoms with Crippen LogP contribution < -0.4 is 15.0 Å². The molecule has 1 saturated heterocycles. The molecule has 29 heavy (non-hydrogen) atoms. The van der Waals surface area contributed by atoms with Crippen LogP contribution in [0.2, 0.25) is 5.02 Å². The first-order valence-corrected chi connectivity index (χ1v) is 11.3. The smallest absolute Gasteiger partial charge is 0.337 e. The van der Waals surface area contributed by atoms with E-state index >= 15 is 0 Å². The van der Waals surface area contributed by atoms with Gasteiger partial charge in [-0.1, -0.05) is 17.7 Å². The second-order valence-corrected chi connectivity index (χ2v) is 9.43. The number of benzene rings is 2. The second kappa shape index (κ2) is 7.51. The summed E-state index contributed by atoms with van der Waals surface area (Å²) in [7, 11) is -2.50. The van der Waals surface area contributed by atoms with Gasteiger partial charge in [0.1, 0.15) is 15.7 Å². The number of aryl methyl sites for hydroxylation is 1. The van der Waals surface area contributed by atoms with Gasteiger partial charge >= 0.3 is 5.97 Å². The molecular weight excluding hydrogens is 416 g/mol. The summed E-state index contributed by atoms with van der Waals surface area (Å²) < 4.78 is 37.0. The highest BCUT2D eigenvalue weighted by molar-refractivity contribution is 7.90. The van der Waals surface area contributed by atoms with Crippen LogP contribution in [0.3, 0.4) is 0 Å². The number of nitrogens with one attached hydrogen (secondary N) is 1. The average molecular weight is 437 g/mol. The summed E-state index contributed by atoms with van der Waals surface area (Å²) in [6.45, 7) is 4.99. The summed E-state index contributed by atoms with van der Waals surface area (Å²) in [6.07, 6.45) is 0. The van der Waals surface area contributed by atoms with E-state index in [1.54, 1.807) is 19.1 Å². The monoisotopic (exact) mass is 436 g/mol. The van der Waals surface area contributed by atoms with E-state index in [1.807, 2.05) is 6.07 Å². The molecule has 0 aliphatic carbocycles. The Labute approximate surface area is 174 Å². The van der Waals surface area contributed by atoms with Crippen molar-refractivity contribution in [2.75, 3.05) is 38.2 Å². The van der Waals surface area contributed by atoms with Crippen LogP contribution in [0, 0.1) is 6.92 Å². The summed E-state index contributed by atoms with van der Waals surface area (Å²) in [5.74, 6) is -0.331. The lowest BCUT2D eigenvalue weighted by molar-refractivity contribution is 0.0600. The molecule has 0 unspecified atom stereocenters. The molecule has 0 amide bonds. The van der Waals surface area contributed by atoms with Gasteiger partial charge in [0.25, 0.3) is 0 Å². The predicted molar refractivity (Wildman–Crippen MR) is 110 cm³/mol. The Bertz CT molecular complexity index is 1090. The molecule has 0 saturated carbocycles.